The zero-order chi connectivity index (χ0) is 34.7. The van der Waals surface area contributed by atoms with Gasteiger partial charge in [-0.25, -0.2) is 13.4 Å². The molecular weight excluding hydrogens is 688 g/mol. The smallest absolute Gasteiger partial charge is 0.368 e. The average Bonchev–Trinajstić information content (AvgIpc) is 3.91. The first-order valence-electron chi connectivity index (χ1n) is 15.8. The molecule has 1 aliphatic heterocycles. The molecule has 0 unspecified atom stereocenters. The zero-order valence-corrected chi connectivity index (χ0v) is 29.8. The van der Waals surface area contributed by atoms with Gasteiger partial charge in [0.2, 0.25) is 15.0 Å². The predicted molar refractivity (Wildman–Crippen MR) is 172 cm³/mol. The van der Waals surface area contributed by atoms with Gasteiger partial charge in [-0.05, 0) is 62.1 Å². The lowest BCUT2D eigenvalue weighted by Gasteiger charge is -2.34. The van der Waals surface area contributed by atoms with Gasteiger partial charge >= 0.3 is 6.18 Å². The maximum Gasteiger partial charge on any atom is 0.445 e. The van der Waals surface area contributed by atoms with E-state index in [4.69, 9.17) is 9.47 Å². The second-order valence-corrected chi connectivity index (χ2v) is 22.4. The van der Waals surface area contributed by atoms with Gasteiger partial charge in [-0.3, -0.25) is 9.20 Å². The maximum atomic E-state index is 14.5. The number of carbonyl (C=O) groups excluding carboxylic acids is 1. The molecule has 260 valence electrons. The number of amides is 1. The highest BCUT2D eigenvalue weighted by molar-refractivity contribution is 7.89. The summed E-state index contributed by atoms with van der Waals surface area (Å²) in [6.07, 6.45) is 1.20. The Balaban J connectivity index is 1.39. The summed E-state index contributed by atoms with van der Waals surface area (Å²) in [6.45, 7) is 7.44. The van der Waals surface area contributed by atoms with E-state index < -0.39 is 40.4 Å². The van der Waals surface area contributed by atoms with E-state index in [9.17, 15) is 31.6 Å². The van der Waals surface area contributed by atoms with Crippen LogP contribution in [0.1, 0.15) is 55.0 Å². The van der Waals surface area contributed by atoms with Crippen LogP contribution in [-0.2, 0) is 30.5 Å². The highest BCUT2D eigenvalue weighted by atomic mass is 32.2. The fraction of sp³-hybridized carbons (Fsp3) is 0.633. The zero-order valence-electron chi connectivity index (χ0n) is 27.2. The highest BCUT2D eigenvalue weighted by Crippen LogP contribution is 2.46. The third-order valence-corrected chi connectivity index (χ3v) is 13.9. The Morgan fingerprint density at radius 1 is 1.19 bits per heavy atom. The predicted octanol–water partition coefficient (Wildman–Crippen LogP) is 5.12. The van der Waals surface area contributed by atoms with Crippen molar-refractivity contribution >= 4 is 40.9 Å². The number of halogens is 3. The van der Waals surface area contributed by atoms with Crippen LogP contribution in [0.5, 0.6) is 0 Å². The Morgan fingerprint density at radius 3 is 2.42 bits per heavy atom. The normalized spacial score (nSPS) is 19.5. The van der Waals surface area contributed by atoms with E-state index >= 15 is 0 Å². The Bertz CT molecular complexity index is 1850. The van der Waals surface area contributed by atoms with Gasteiger partial charge < -0.3 is 14.4 Å². The number of sulfonamides is 1. The Labute approximate surface area is 281 Å². The molecule has 3 aromatic heterocycles. The van der Waals surface area contributed by atoms with Gasteiger partial charge in [0.05, 0.1) is 22.7 Å². The summed E-state index contributed by atoms with van der Waals surface area (Å²) in [6, 6.07) is 4.55. The number of pyridine rings is 1. The number of imidazole rings is 1. The molecule has 0 atom stereocenters. The molecule has 1 amide bonds. The quantitative estimate of drug-likeness (QED) is 0.141. The molecule has 0 spiro atoms. The molecular formula is C30H38F3N7O5S2Si. The second-order valence-electron chi connectivity index (χ2n) is 14.0. The number of aromatic nitrogens is 4. The number of nitriles is 1. The highest BCUT2D eigenvalue weighted by Gasteiger charge is 2.55. The Morgan fingerprint density at radius 2 is 1.88 bits per heavy atom. The van der Waals surface area contributed by atoms with Crippen molar-refractivity contribution in [1.82, 2.24) is 28.8 Å². The summed E-state index contributed by atoms with van der Waals surface area (Å²) in [5, 5.41) is 15.8. The summed E-state index contributed by atoms with van der Waals surface area (Å²) in [7, 11) is -4.30. The largest absolute Gasteiger partial charge is 0.445 e. The van der Waals surface area contributed by atoms with E-state index in [1.54, 1.807) is 11.0 Å². The standard InChI is InChI=1S/C30H38F3N7O5S2Si/c1-44-29(9-10-29)27(41)38-11-5-20(6-12-38)22-15-21(17-39-23(22)16-35-24(39)25-36-37-26(46-25)30(31,32)33)47(42,43)40(28(18-34)7-8-28)19-45-13-14-48(2,3)4/h15-17,20H,5-14,19H2,1-4H3. The van der Waals surface area contributed by atoms with Crippen LogP contribution in [0.3, 0.4) is 0 Å². The number of fused-ring (bicyclic) bond motifs is 1. The van der Waals surface area contributed by atoms with Gasteiger partial charge in [-0.2, -0.15) is 22.7 Å². The number of nitrogens with zero attached hydrogens (tertiary/aromatic N) is 7. The molecule has 2 aliphatic carbocycles. The van der Waals surface area contributed by atoms with Gasteiger partial charge in [0.15, 0.2) is 10.8 Å². The third-order valence-electron chi connectivity index (χ3n) is 9.41. The number of ether oxygens (including phenoxy) is 2. The monoisotopic (exact) mass is 725 g/mol. The third kappa shape index (κ3) is 6.64. The summed E-state index contributed by atoms with van der Waals surface area (Å²) < 4.78 is 83.1. The van der Waals surface area contributed by atoms with Crippen LogP contribution < -0.4 is 0 Å². The topological polar surface area (TPSA) is 143 Å². The van der Waals surface area contributed by atoms with Gasteiger partial charge in [-0.15, -0.1) is 10.2 Å². The number of likely N-dealkylation sites (tertiary alicyclic amines) is 1. The molecule has 48 heavy (non-hydrogen) atoms. The van der Waals surface area contributed by atoms with E-state index in [2.05, 4.69) is 40.9 Å². The van der Waals surface area contributed by atoms with E-state index in [1.165, 1.54) is 23.9 Å². The number of hydrogen-bond acceptors (Lipinski definition) is 10. The SMILES string of the molecule is COC1(C(=O)N2CCC(c3cc(S(=O)(=O)N(COCC[Si](C)(C)C)C4(C#N)CC4)cn4c(-c5nnc(C(F)(F)F)s5)ncc34)CC2)CC1. The molecule has 0 aromatic carbocycles. The minimum absolute atomic E-state index is 0.0130. The van der Waals surface area contributed by atoms with Gasteiger partial charge in [0, 0.05) is 41.1 Å². The first kappa shape index (κ1) is 34.9. The molecule has 3 fully saturated rings. The van der Waals surface area contributed by atoms with Gasteiger partial charge in [0.1, 0.15) is 17.9 Å². The van der Waals surface area contributed by atoms with Crippen LogP contribution >= 0.6 is 11.3 Å². The second kappa shape index (κ2) is 12.4. The summed E-state index contributed by atoms with van der Waals surface area (Å²) in [5.74, 6) is -0.232. The molecule has 3 aliphatic rings. The number of alkyl halides is 3. The molecule has 12 nitrogen and oxygen atoms in total. The van der Waals surface area contributed by atoms with Crippen molar-refractivity contribution in [2.75, 3.05) is 33.5 Å². The molecule has 1 saturated heterocycles. The van der Waals surface area contributed by atoms with E-state index in [0.29, 0.717) is 80.6 Å². The Hall–Kier alpha value is -2.95. The van der Waals surface area contributed by atoms with Crippen molar-refractivity contribution in [3.8, 4) is 16.9 Å². The lowest BCUT2D eigenvalue weighted by atomic mass is 9.89. The molecule has 18 heteroatoms. The first-order chi connectivity index (χ1) is 22.5. The summed E-state index contributed by atoms with van der Waals surface area (Å²) in [5.41, 5.74) is -0.882. The van der Waals surface area contributed by atoms with E-state index in [-0.39, 0.29) is 34.3 Å². The van der Waals surface area contributed by atoms with E-state index in [1.807, 2.05) is 0 Å². The van der Waals surface area contributed by atoms with Crippen LogP contribution in [0.15, 0.2) is 23.4 Å². The van der Waals surface area contributed by atoms with Crippen molar-refractivity contribution in [3.05, 3.63) is 29.0 Å². The average molecular weight is 726 g/mol. The lowest BCUT2D eigenvalue weighted by Crippen LogP contribution is -2.45. The minimum atomic E-state index is -4.71. The first-order valence-corrected chi connectivity index (χ1v) is 21.8. The van der Waals surface area contributed by atoms with Crippen molar-refractivity contribution < 1.29 is 35.9 Å². The van der Waals surface area contributed by atoms with Crippen LogP contribution in [0.4, 0.5) is 13.2 Å². The number of rotatable bonds is 12. The fourth-order valence-electron chi connectivity index (χ4n) is 6.06. The lowest BCUT2D eigenvalue weighted by molar-refractivity contribution is -0.145. The molecule has 6 rings (SSSR count). The molecule has 0 N–H and O–H groups in total. The number of methoxy groups -OCH3 is 1. The minimum Gasteiger partial charge on any atom is -0.368 e. The summed E-state index contributed by atoms with van der Waals surface area (Å²) >= 11 is 0.314. The number of piperidine rings is 1. The van der Waals surface area contributed by atoms with Gasteiger partial charge in [-0.1, -0.05) is 31.0 Å². The van der Waals surface area contributed by atoms with E-state index in [0.717, 1.165) is 10.3 Å². The van der Waals surface area contributed by atoms with Crippen molar-refractivity contribution in [2.24, 2.45) is 0 Å². The molecule has 2 saturated carbocycles. The van der Waals surface area contributed by atoms with Crippen LogP contribution in [-0.4, -0.2) is 95.9 Å². The summed E-state index contributed by atoms with van der Waals surface area (Å²) in [4.78, 5) is 19.1. The van der Waals surface area contributed by atoms with Crippen LogP contribution in [0.2, 0.25) is 25.7 Å². The van der Waals surface area contributed by atoms with Crippen LogP contribution in [0.25, 0.3) is 16.3 Å². The van der Waals surface area contributed by atoms with Crippen molar-refractivity contribution in [2.45, 2.75) is 92.3 Å². The Kier molecular flexibility index (Phi) is 9.03. The maximum absolute atomic E-state index is 14.5. The molecule has 0 radical (unpaired) electrons. The molecule has 4 heterocycles. The molecule has 3 aromatic rings. The molecule has 0 bridgehead atoms. The van der Waals surface area contributed by atoms with Crippen molar-refractivity contribution in [1.29, 1.82) is 5.26 Å². The number of carbonyl (C=O) groups is 1. The van der Waals surface area contributed by atoms with Crippen molar-refractivity contribution in [3.63, 3.8) is 0 Å². The number of hydrogen-bond donors (Lipinski definition) is 0. The van der Waals surface area contributed by atoms with Crippen LogP contribution in [0, 0.1) is 11.3 Å². The fourth-order valence-corrected chi connectivity index (χ4v) is 9.19. The van der Waals surface area contributed by atoms with Gasteiger partial charge in [0.25, 0.3) is 5.91 Å².